The lowest BCUT2D eigenvalue weighted by Gasteiger charge is -2.37. The summed E-state index contributed by atoms with van der Waals surface area (Å²) in [5, 5.41) is 10.7. The third-order valence-electron chi connectivity index (χ3n) is 6.50. The molecule has 1 N–H and O–H groups in total. The molecule has 1 aromatic heterocycles. The van der Waals surface area contributed by atoms with Crippen LogP contribution in [0, 0.1) is 5.82 Å². The fraction of sp³-hybridized carbons (Fsp3) is 0.370. The molecule has 0 saturated carbocycles. The number of nitrogens with zero attached hydrogens (tertiary/aromatic N) is 3. The number of benzene rings is 2. The van der Waals surface area contributed by atoms with Crippen LogP contribution in [-0.4, -0.2) is 47.2 Å². The zero-order valence-electron chi connectivity index (χ0n) is 18.7. The molecule has 2 aliphatic heterocycles. The Balaban J connectivity index is 0.000000300. The van der Waals surface area contributed by atoms with E-state index in [-0.39, 0.29) is 5.82 Å². The fourth-order valence-corrected chi connectivity index (χ4v) is 4.64. The lowest BCUT2D eigenvalue weighted by atomic mass is 10.0. The van der Waals surface area contributed by atoms with Crippen LogP contribution in [0.25, 0.3) is 0 Å². The van der Waals surface area contributed by atoms with E-state index in [0.29, 0.717) is 11.7 Å². The van der Waals surface area contributed by atoms with Crippen molar-refractivity contribution in [3.63, 3.8) is 0 Å². The van der Waals surface area contributed by atoms with Crippen molar-refractivity contribution in [1.82, 2.24) is 9.88 Å². The number of hydrogen-bond acceptors (Lipinski definition) is 4. The molecule has 0 radical (unpaired) electrons. The number of rotatable bonds is 4. The van der Waals surface area contributed by atoms with Gasteiger partial charge in [0.05, 0.1) is 5.69 Å². The Morgan fingerprint density at radius 2 is 1.75 bits per heavy atom. The summed E-state index contributed by atoms with van der Waals surface area (Å²) in [4.78, 5) is 9.42. The van der Waals surface area contributed by atoms with Crippen LogP contribution < -0.4 is 4.90 Å². The van der Waals surface area contributed by atoms with Crippen molar-refractivity contribution in [3.8, 4) is 0 Å². The highest BCUT2D eigenvalue weighted by Crippen LogP contribution is 2.35. The molecule has 5 heteroatoms. The van der Waals surface area contributed by atoms with Crippen molar-refractivity contribution in [2.45, 2.75) is 38.3 Å². The molecule has 0 aliphatic carbocycles. The van der Waals surface area contributed by atoms with Gasteiger partial charge in [-0.05, 0) is 67.3 Å². The first-order valence-electron chi connectivity index (χ1n) is 11.6. The van der Waals surface area contributed by atoms with Crippen LogP contribution in [0.1, 0.15) is 42.7 Å². The molecule has 0 bridgehead atoms. The van der Waals surface area contributed by atoms with Gasteiger partial charge in [-0.1, -0.05) is 43.3 Å². The SMILES string of the molecule is CCN1CCC(N2CCc3ccc(C(O)c4ccccn4)cc32)CC1.Fc1ccccc1. The summed E-state index contributed by atoms with van der Waals surface area (Å²) < 4.78 is 11.9. The summed E-state index contributed by atoms with van der Waals surface area (Å²) in [6, 6.07) is 20.7. The van der Waals surface area contributed by atoms with Gasteiger partial charge in [0.2, 0.25) is 0 Å². The molecule has 2 aromatic carbocycles. The second kappa shape index (κ2) is 10.7. The van der Waals surface area contributed by atoms with Gasteiger partial charge in [0.15, 0.2) is 0 Å². The maximum absolute atomic E-state index is 11.9. The van der Waals surface area contributed by atoms with Crippen molar-refractivity contribution >= 4 is 5.69 Å². The molecule has 4 nitrogen and oxygen atoms in total. The zero-order chi connectivity index (χ0) is 22.3. The van der Waals surface area contributed by atoms with Crippen molar-refractivity contribution in [2.75, 3.05) is 31.1 Å². The second-order valence-electron chi connectivity index (χ2n) is 8.45. The van der Waals surface area contributed by atoms with Crippen LogP contribution in [0.15, 0.2) is 72.9 Å². The molecule has 1 saturated heterocycles. The van der Waals surface area contributed by atoms with Gasteiger partial charge in [-0.15, -0.1) is 0 Å². The maximum Gasteiger partial charge on any atom is 0.123 e. The Morgan fingerprint density at radius 3 is 2.38 bits per heavy atom. The van der Waals surface area contributed by atoms with Crippen molar-refractivity contribution in [2.24, 2.45) is 0 Å². The highest BCUT2D eigenvalue weighted by Gasteiger charge is 2.29. The lowest BCUT2D eigenvalue weighted by Crippen LogP contribution is -2.44. The summed E-state index contributed by atoms with van der Waals surface area (Å²) in [6.07, 6.45) is 4.67. The Kier molecular flexibility index (Phi) is 7.51. The smallest absolute Gasteiger partial charge is 0.123 e. The van der Waals surface area contributed by atoms with E-state index < -0.39 is 6.10 Å². The number of pyridine rings is 1. The predicted octanol–water partition coefficient (Wildman–Crippen LogP) is 4.84. The average molecular weight is 434 g/mol. The molecule has 1 unspecified atom stereocenters. The van der Waals surface area contributed by atoms with Crippen LogP contribution in [0.5, 0.6) is 0 Å². The number of aliphatic hydroxyl groups is 1. The molecule has 0 spiro atoms. The molecular formula is C27H32FN3O. The molecule has 2 aliphatic rings. The molecule has 3 aromatic rings. The number of aliphatic hydroxyl groups excluding tert-OH is 1. The summed E-state index contributed by atoms with van der Waals surface area (Å²) in [5.41, 5.74) is 4.39. The predicted molar refractivity (Wildman–Crippen MR) is 127 cm³/mol. The van der Waals surface area contributed by atoms with Gasteiger partial charge < -0.3 is 14.9 Å². The lowest BCUT2D eigenvalue weighted by molar-refractivity contribution is 0.215. The summed E-state index contributed by atoms with van der Waals surface area (Å²) >= 11 is 0. The van der Waals surface area contributed by atoms with E-state index in [0.717, 1.165) is 25.1 Å². The third-order valence-corrected chi connectivity index (χ3v) is 6.50. The first-order chi connectivity index (χ1) is 15.7. The van der Waals surface area contributed by atoms with Crippen molar-refractivity contribution < 1.29 is 9.50 Å². The van der Waals surface area contributed by atoms with E-state index in [9.17, 15) is 9.50 Å². The first kappa shape index (κ1) is 22.4. The highest BCUT2D eigenvalue weighted by atomic mass is 19.1. The van der Waals surface area contributed by atoms with Crippen LogP contribution in [0.4, 0.5) is 10.1 Å². The summed E-state index contributed by atoms with van der Waals surface area (Å²) in [6.45, 7) is 6.91. The van der Waals surface area contributed by atoms with Crippen molar-refractivity contribution in [1.29, 1.82) is 0 Å². The van der Waals surface area contributed by atoms with Crippen molar-refractivity contribution in [3.05, 3.63) is 95.6 Å². The van der Waals surface area contributed by atoms with Gasteiger partial charge in [0.25, 0.3) is 0 Å². The largest absolute Gasteiger partial charge is 0.382 e. The Bertz CT molecular complexity index is 975. The monoisotopic (exact) mass is 433 g/mol. The molecule has 168 valence electrons. The van der Waals surface area contributed by atoms with Gasteiger partial charge in [0, 0.05) is 37.6 Å². The molecule has 3 heterocycles. The molecule has 1 atom stereocenters. The molecule has 1 fully saturated rings. The first-order valence-corrected chi connectivity index (χ1v) is 11.6. The van der Waals surface area contributed by atoms with E-state index in [2.05, 4.69) is 39.9 Å². The van der Waals surface area contributed by atoms with Crippen LogP contribution >= 0.6 is 0 Å². The van der Waals surface area contributed by atoms with Crippen LogP contribution in [-0.2, 0) is 6.42 Å². The van der Waals surface area contributed by atoms with Gasteiger partial charge in [-0.3, -0.25) is 4.98 Å². The standard InChI is InChI=1S/C21H27N3O.C6H5F/c1-2-23-12-9-18(10-13-23)24-14-8-16-6-7-17(15-20(16)24)21(25)19-5-3-4-11-22-19;7-6-4-2-1-3-5-6/h3-7,11,15,18,21,25H,2,8-10,12-14H2,1H3;1-5H. The number of piperidine rings is 1. The Hall–Kier alpha value is -2.76. The third kappa shape index (κ3) is 5.34. The molecule has 32 heavy (non-hydrogen) atoms. The van der Waals surface area contributed by atoms with Gasteiger partial charge in [0.1, 0.15) is 11.9 Å². The van der Waals surface area contributed by atoms with E-state index >= 15 is 0 Å². The highest BCUT2D eigenvalue weighted by molar-refractivity contribution is 5.61. The van der Waals surface area contributed by atoms with E-state index in [1.807, 2.05) is 18.2 Å². The van der Waals surface area contributed by atoms with E-state index in [1.54, 1.807) is 24.4 Å². The fourth-order valence-electron chi connectivity index (χ4n) is 4.64. The topological polar surface area (TPSA) is 39.6 Å². The number of anilines is 1. The Morgan fingerprint density at radius 1 is 1.00 bits per heavy atom. The maximum atomic E-state index is 11.9. The minimum absolute atomic E-state index is 0.178. The molecule has 5 rings (SSSR count). The zero-order valence-corrected chi connectivity index (χ0v) is 18.7. The van der Waals surface area contributed by atoms with Gasteiger partial charge in [-0.25, -0.2) is 4.39 Å². The van der Waals surface area contributed by atoms with E-state index in [4.69, 9.17) is 0 Å². The van der Waals surface area contributed by atoms with Crippen LogP contribution in [0.3, 0.4) is 0 Å². The second-order valence-corrected chi connectivity index (χ2v) is 8.45. The summed E-state index contributed by atoms with van der Waals surface area (Å²) in [5.74, 6) is -0.178. The number of likely N-dealkylation sites (tertiary alicyclic amines) is 1. The summed E-state index contributed by atoms with van der Waals surface area (Å²) in [7, 11) is 0. The number of halogens is 1. The molecule has 0 amide bonds. The number of aromatic nitrogens is 1. The molecular weight excluding hydrogens is 401 g/mol. The normalized spacial score (nSPS) is 17.4. The number of hydrogen-bond donors (Lipinski definition) is 1. The van der Waals surface area contributed by atoms with E-state index in [1.165, 1.54) is 49.3 Å². The van der Waals surface area contributed by atoms with Crippen LogP contribution in [0.2, 0.25) is 0 Å². The minimum atomic E-state index is -0.657. The number of fused-ring (bicyclic) bond motifs is 1. The quantitative estimate of drug-likeness (QED) is 0.639. The van der Waals surface area contributed by atoms with Gasteiger partial charge >= 0.3 is 0 Å². The minimum Gasteiger partial charge on any atom is -0.382 e. The van der Waals surface area contributed by atoms with Gasteiger partial charge in [-0.2, -0.15) is 0 Å². The average Bonchev–Trinajstić information content (AvgIpc) is 3.28. The Labute approximate surface area is 190 Å².